The molecule has 1 heterocycles. The Morgan fingerprint density at radius 3 is 2.62 bits per heavy atom. The highest BCUT2D eigenvalue weighted by Crippen LogP contribution is 2.33. The predicted molar refractivity (Wildman–Crippen MR) is 83.9 cm³/mol. The highest BCUT2D eigenvalue weighted by atomic mass is 19.4. The molecular formula is C17H24F3NO3. The van der Waals surface area contributed by atoms with E-state index < -0.39 is 18.2 Å². The molecular weight excluding hydrogens is 323 g/mol. The lowest BCUT2D eigenvalue weighted by Crippen LogP contribution is -2.45. The summed E-state index contributed by atoms with van der Waals surface area (Å²) in [5.74, 6) is -0.540. The quantitative estimate of drug-likeness (QED) is 0.824. The zero-order chi connectivity index (χ0) is 17.6. The van der Waals surface area contributed by atoms with Gasteiger partial charge in [0.2, 0.25) is 0 Å². The van der Waals surface area contributed by atoms with Crippen LogP contribution >= 0.6 is 0 Å². The van der Waals surface area contributed by atoms with Gasteiger partial charge in [0, 0.05) is 13.1 Å². The van der Waals surface area contributed by atoms with E-state index in [1.807, 2.05) is 24.3 Å². The number of aliphatic hydroxyl groups excluding tert-OH is 1. The first-order chi connectivity index (χ1) is 11.4. The van der Waals surface area contributed by atoms with E-state index in [-0.39, 0.29) is 26.1 Å². The van der Waals surface area contributed by atoms with Crippen molar-refractivity contribution in [1.82, 2.24) is 4.90 Å². The maximum absolute atomic E-state index is 12.8. The van der Waals surface area contributed by atoms with Gasteiger partial charge < -0.3 is 19.5 Å². The molecule has 1 aromatic rings. The third-order valence-corrected chi connectivity index (χ3v) is 4.18. The van der Waals surface area contributed by atoms with E-state index in [9.17, 15) is 18.3 Å². The lowest BCUT2D eigenvalue weighted by molar-refractivity contribution is -0.187. The van der Waals surface area contributed by atoms with Gasteiger partial charge in [-0.25, -0.2) is 0 Å². The molecule has 24 heavy (non-hydrogen) atoms. The van der Waals surface area contributed by atoms with E-state index in [0.29, 0.717) is 19.6 Å². The van der Waals surface area contributed by atoms with Gasteiger partial charge in [0.05, 0.1) is 32.3 Å². The van der Waals surface area contributed by atoms with Gasteiger partial charge in [0.15, 0.2) is 0 Å². The fourth-order valence-corrected chi connectivity index (χ4v) is 2.87. The molecule has 0 spiro atoms. The minimum Gasteiger partial charge on any atom is -0.497 e. The van der Waals surface area contributed by atoms with Crippen LogP contribution in [0.2, 0.25) is 0 Å². The van der Waals surface area contributed by atoms with Crippen molar-refractivity contribution in [3.05, 3.63) is 29.8 Å². The molecule has 1 N–H and O–H groups in total. The Hall–Kier alpha value is -1.31. The average molecular weight is 347 g/mol. The summed E-state index contributed by atoms with van der Waals surface area (Å²) in [7, 11) is 1.59. The second-order valence-corrected chi connectivity index (χ2v) is 6.16. The third kappa shape index (κ3) is 5.96. The van der Waals surface area contributed by atoms with Gasteiger partial charge in [-0.1, -0.05) is 12.1 Å². The SMILES string of the molecule is COc1ccc(COC[C@H](O)CN2CCC[C@H](C(F)(F)F)C2)cc1. The normalized spacial score (nSPS) is 20.8. The molecule has 0 unspecified atom stereocenters. The third-order valence-electron chi connectivity index (χ3n) is 4.18. The van der Waals surface area contributed by atoms with Crippen molar-refractivity contribution in [2.24, 2.45) is 5.92 Å². The molecule has 4 nitrogen and oxygen atoms in total. The second-order valence-electron chi connectivity index (χ2n) is 6.16. The number of rotatable bonds is 7. The summed E-state index contributed by atoms with van der Waals surface area (Å²) in [6, 6.07) is 7.37. The molecule has 0 aliphatic carbocycles. The number of halogens is 3. The molecule has 0 aromatic heterocycles. The molecule has 7 heteroatoms. The predicted octanol–water partition coefficient (Wildman–Crippen LogP) is 2.85. The van der Waals surface area contributed by atoms with Gasteiger partial charge in [-0.3, -0.25) is 0 Å². The molecule has 0 radical (unpaired) electrons. The summed E-state index contributed by atoms with van der Waals surface area (Å²) in [6.07, 6.45) is -4.28. The number of nitrogens with zero attached hydrogens (tertiary/aromatic N) is 1. The van der Waals surface area contributed by atoms with Gasteiger partial charge in [-0.2, -0.15) is 13.2 Å². The fourth-order valence-electron chi connectivity index (χ4n) is 2.87. The molecule has 1 saturated heterocycles. The highest BCUT2D eigenvalue weighted by Gasteiger charge is 2.41. The summed E-state index contributed by atoms with van der Waals surface area (Å²) < 4.78 is 48.8. The summed E-state index contributed by atoms with van der Waals surface area (Å²) in [5, 5.41) is 9.98. The topological polar surface area (TPSA) is 41.9 Å². The first kappa shape index (κ1) is 19.0. The second kappa shape index (κ2) is 8.69. The highest BCUT2D eigenvalue weighted by molar-refractivity contribution is 5.26. The molecule has 0 saturated carbocycles. The number of likely N-dealkylation sites (tertiary alicyclic amines) is 1. The Balaban J connectivity index is 1.69. The maximum Gasteiger partial charge on any atom is 0.393 e. The number of piperidine rings is 1. The minimum absolute atomic E-state index is 0.0426. The molecule has 1 aromatic carbocycles. The molecule has 0 bridgehead atoms. The van der Waals surface area contributed by atoms with E-state index >= 15 is 0 Å². The van der Waals surface area contributed by atoms with Crippen LogP contribution in [0.25, 0.3) is 0 Å². The number of alkyl halides is 3. The van der Waals surface area contributed by atoms with Crippen LogP contribution < -0.4 is 4.74 Å². The number of β-amino-alcohol motifs (C(OH)–C–C–N with tert-alkyl or cyclic N) is 1. The van der Waals surface area contributed by atoms with Gasteiger partial charge in [0.25, 0.3) is 0 Å². The smallest absolute Gasteiger partial charge is 0.393 e. The largest absolute Gasteiger partial charge is 0.497 e. The van der Waals surface area contributed by atoms with Gasteiger partial charge >= 0.3 is 6.18 Å². The van der Waals surface area contributed by atoms with E-state index in [0.717, 1.165) is 11.3 Å². The Morgan fingerprint density at radius 1 is 1.29 bits per heavy atom. The first-order valence-electron chi connectivity index (χ1n) is 8.06. The monoisotopic (exact) mass is 347 g/mol. The number of hydrogen-bond acceptors (Lipinski definition) is 4. The van der Waals surface area contributed by atoms with E-state index in [1.54, 1.807) is 12.0 Å². The van der Waals surface area contributed by atoms with Gasteiger partial charge in [-0.05, 0) is 37.1 Å². The molecule has 1 aliphatic heterocycles. The van der Waals surface area contributed by atoms with Crippen molar-refractivity contribution < 1.29 is 27.8 Å². The van der Waals surface area contributed by atoms with Crippen LogP contribution in [0.4, 0.5) is 13.2 Å². The van der Waals surface area contributed by atoms with Crippen LogP contribution in [-0.4, -0.2) is 55.6 Å². The van der Waals surface area contributed by atoms with Crippen LogP contribution in [0.1, 0.15) is 18.4 Å². The molecule has 136 valence electrons. The Bertz CT molecular complexity index is 493. The summed E-state index contributed by atoms with van der Waals surface area (Å²) >= 11 is 0. The van der Waals surface area contributed by atoms with Crippen LogP contribution in [0.5, 0.6) is 5.75 Å². The molecule has 1 fully saturated rings. The average Bonchev–Trinajstić information content (AvgIpc) is 2.55. The summed E-state index contributed by atoms with van der Waals surface area (Å²) in [4.78, 5) is 1.67. The van der Waals surface area contributed by atoms with E-state index in [2.05, 4.69) is 0 Å². The molecule has 0 amide bonds. The number of methoxy groups -OCH3 is 1. The molecule has 2 atom stereocenters. The maximum atomic E-state index is 12.8. The van der Waals surface area contributed by atoms with Crippen molar-refractivity contribution in [2.45, 2.75) is 31.7 Å². The Labute approximate surface area is 140 Å². The van der Waals surface area contributed by atoms with Crippen molar-refractivity contribution in [3.8, 4) is 5.75 Å². The number of aliphatic hydroxyl groups is 1. The number of hydrogen-bond donors (Lipinski definition) is 1. The van der Waals surface area contributed by atoms with Crippen LogP contribution in [0, 0.1) is 5.92 Å². The van der Waals surface area contributed by atoms with Crippen molar-refractivity contribution >= 4 is 0 Å². The number of benzene rings is 1. The zero-order valence-electron chi connectivity index (χ0n) is 13.8. The lowest BCUT2D eigenvalue weighted by Gasteiger charge is -2.34. The van der Waals surface area contributed by atoms with E-state index in [4.69, 9.17) is 9.47 Å². The van der Waals surface area contributed by atoms with Gasteiger partial charge in [0.1, 0.15) is 5.75 Å². The van der Waals surface area contributed by atoms with Crippen molar-refractivity contribution in [3.63, 3.8) is 0 Å². The minimum atomic E-state index is -4.16. The Morgan fingerprint density at radius 2 is 2.00 bits per heavy atom. The van der Waals surface area contributed by atoms with Crippen LogP contribution in [0.15, 0.2) is 24.3 Å². The van der Waals surface area contributed by atoms with Crippen LogP contribution in [-0.2, 0) is 11.3 Å². The number of ether oxygens (including phenoxy) is 2. The van der Waals surface area contributed by atoms with E-state index in [1.165, 1.54) is 0 Å². The Kier molecular flexibility index (Phi) is 6.89. The van der Waals surface area contributed by atoms with Crippen molar-refractivity contribution in [2.75, 3.05) is 33.4 Å². The molecule has 1 aliphatic rings. The zero-order valence-corrected chi connectivity index (χ0v) is 13.8. The summed E-state index contributed by atoms with van der Waals surface area (Å²) in [5.41, 5.74) is 0.943. The van der Waals surface area contributed by atoms with Crippen molar-refractivity contribution in [1.29, 1.82) is 0 Å². The standard InChI is InChI=1S/C17H24F3NO3/c1-23-16-6-4-13(5-7-16)11-24-12-15(22)10-21-8-2-3-14(9-21)17(18,19)20/h4-7,14-15,22H,2-3,8-12H2,1H3/t14-,15+/m0/s1. The summed E-state index contributed by atoms with van der Waals surface area (Å²) in [6.45, 7) is 1.18. The van der Waals surface area contributed by atoms with Gasteiger partial charge in [-0.15, -0.1) is 0 Å². The lowest BCUT2D eigenvalue weighted by atomic mass is 9.97. The first-order valence-corrected chi connectivity index (χ1v) is 8.06. The molecule has 2 rings (SSSR count). The van der Waals surface area contributed by atoms with Crippen LogP contribution in [0.3, 0.4) is 0 Å². The fraction of sp³-hybridized carbons (Fsp3) is 0.647.